The topological polar surface area (TPSA) is 29.9 Å². The van der Waals surface area contributed by atoms with Crippen LogP contribution in [-0.2, 0) is 19.9 Å². The van der Waals surface area contributed by atoms with E-state index in [4.69, 9.17) is 0 Å². The number of nitrogens with zero attached hydrogens (tertiary/aromatic N) is 2. The lowest BCUT2D eigenvalue weighted by Crippen LogP contribution is -2.21. The molecule has 0 atom stereocenters. The Labute approximate surface area is 107 Å². The van der Waals surface area contributed by atoms with Crippen molar-refractivity contribution in [3.05, 3.63) is 53.9 Å². The zero-order valence-electron chi connectivity index (χ0n) is 10.6. The Balaban J connectivity index is 1.68. The summed E-state index contributed by atoms with van der Waals surface area (Å²) >= 11 is 0. The van der Waals surface area contributed by atoms with E-state index in [9.17, 15) is 4.39 Å². The van der Waals surface area contributed by atoms with Gasteiger partial charge in [-0.15, -0.1) is 0 Å². The van der Waals surface area contributed by atoms with Crippen molar-refractivity contribution in [2.24, 2.45) is 7.05 Å². The normalized spacial score (nSPS) is 10.8. The fraction of sp³-hybridized carbons (Fsp3) is 0.357. The second kappa shape index (κ2) is 6.31. The van der Waals surface area contributed by atoms with Crippen molar-refractivity contribution in [1.29, 1.82) is 0 Å². The Morgan fingerprint density at radius 1 is 1.22 bits per heavy atom. The maximum Gasteiger partial charge on any atom is 0.126 e. The zero-order chi connectivity index (χ0) is 12.8. The van der Waals surface area contributed by atoms with Gasteiger partial charge < -0.3 is 9.88 Å². The minimum atomic E-state index is -0.122. The SMILES string of the molecule is Cn1ccnc1CCNCCc1ccccc1F. The number of hydrogen-bond donors (Lipinski definition) is 1. The Morgan fingerprint density at radius 3 is 2.72 bits per heavy atom. The van der Waals surface area contributed by atoms with E-state index in [1.807, 2.05) is 29.9 Å². The number of hydrogen-bond acceptors (Lipinski definition) is 2. The van der Waals surface area contributed by atoms with E-state index in [0.29, 0.717) is 6.42 Å². The summed E-state index contributed by atoms with van der Waals surface area (Å²) in [5.41, 5.74) is 0.766. The first-order chi connectivity index (χ1) is 8.77. The summed E-state index contributed by atoms with van der Waals surface area (Å²) in [6.45, 7) is 1.64. The monoisotopic (exact) mass is 247 g/mol. The molecule has 0 saturated heterocycles. The summed E-state index contributed by atoms with van der Waals surface area (Å²) in [5, 5.41) is 3.31. The van der Waals surface area contributed by atoms with Crippen LogP contribution in [-0.4, -0.2) is 22.6 Å². The number of imidazole rings is 1. The Kier molecular flexibility index (Phi) is 4.47. The molecule has 18 heavy (non-hydrogen) atoms. The molecule has 1 aromatic carbocycles. The van der Waals surface area contributed by atoms with Crippen LogP contribution >= 0.6 is 0 Å². The van der Waals surface area contributed by atoms with Crippen LogP contribution in [0.5, 0.6) is 0 Å². The molecule has 0 saturated carbocycles. The van der Waals surface area contributed by atoms with Gasteiger partial charge in [0.1, 0.15) is 11.6 Å². The quantitative estimate of drug-likeness (QED) is 0.791. The van der Waals surface area contributed by atoms with Gasteiger partial charge in [-0.05, 0) is 24.6 Å². The van der Waals surface area contributed by atoms with Crippen molar-refractivity contribution in [3.63, 3.8) is 0 Å². The van der Waals surface area contributed by atoms with Crippen molar-refractivity contribution in [2.75, 3.05) is 13.1 Å². The van der Waals surface area contributed by atoms with Crippen LogP contribution in [0, 0.1) is 5.82 Å². The van der Waals surface area contributed by atoms with E-state index >= 15 is 0 Å². The highest BCUT2D eigenvalue weighted by molar-refractivity contribution is 5.17. The molecule has 1 heterocycles. The highest BCUT2D eigenvalue weighted by atomic mass is 19.1. The number of nitrogens with one attached hydrogen (secondary N) is 1. The van der Waals surface area contributed by atoms with Crippen molar-refractivity contribution >= 4 is 0 Å². The first-order valence-corrected chi connectivity index (χ1v) is 6.17. The summed E-state index contributed by atoms with van der Waals surface area (Å²) in [6.07, 6.45) is 5.34. The molecule has 1 aromatic heterocycles. The molecule has 96 valence electrons. The van der Waals surface area contributed by atoms with Gasteiger partial charge in [0.2, 0.25) is 0 Å². The Hall–Kier alpha value is -1.68. The first-order valence-electron chi connectivity index (χ1n) is 6.17. The third-order valence-corrected chi connectivity index (χ3v) is 2.98. The fourth-order valence-corrected chi connectivity index (χ4v) is 1.89. The van der Waals surface area contributed by atoms with E-state index in [0.717, 1.165) is 30.9 Å². The summed E-state index contributed by atoms with van der Waals surface area (Å²) < 4.78 is 15.3. The smallest absolute Gasteiger partial charge is 0.126 e. The van der Waals surface area contributed by atoms with E-state index in [1.54, 1.807) is 12.3 Å². The minimum absolute atomic E-state index is 0.122. The second-order valence-electron chi connectivity index (χ2n) is 4.30. The molecule has 0 unspecified atom stereocenters. The van der Waals surface area contributed by atoms with Gasteiger partial charge in [0.05, 0.1) is 0 Å². The van der Waals surface area contributed by atoms with Crippen LogP contribution in [0.15, 0.2) is 36.7 Å². The molecular formula is C14H18FN3. The molecule has 2 rings (SSSR count). The van der Waals surface area contributed by atoms with Crippen LogP contribution in [0.1, 0.15) is 11.4 Å². The van der Waals surface area contributed by atoms with Gasteiger partial charge in [-0.2, -0.15) is 0 Å². The lowest BCUT2D eigenvalue weighted by atomic mass is 10.1. The molecule has 0 spiro atoms. The summed E-state index contributed by atoms with van der Waals surface area (Å²) in [4.78, 5) is 4.25. The van der Waals surface area contributed by atoms with Crippen LogP contribution < -0.4 is 5.32 Å². The van der Waals surface area contributed by atoms with Gasteiger partial charge in [0.25, 0.3) is 0 Å². The zero-order valence-corrected chi connectivity index (χ0v) is 10.6. The summed E-state index contributed by atoms with van der Waals surface area (Å²) in [7, 11) is 1.99. The van der Waals surface area contributed by atoms with E-state index < -0.39 is 0 Å². The molecule has 2 aromatic rings. The molecule has 0 amide bonds. The lowest BCUT2D eigenvalue weighted by molar-refractivity contribution is 0.595. The van der Waals surface area contributed by atoms with Crippen molar-refractivity contribution < 1.29 is 4.39 Å². The molecule has 0 radical (unpaired) electrons. The van der Waals surface area contributed by atoms with Crippen LogP contribution in [0.4, 0.5) is 4.39 Å². The van der Waals surface area contributed by atoms with Crippen LogP contribution in [0.3, 0.4) is 0 Å². The number of aromatic nitrogens is 2. The second-order valence-corrected chi connectivity index (χ2v) is 4.30. The number of benzene rings is 1. The fourth-order valence-electron chi connectivity index (χ4n) is 1.89. The average Bonchev–Trinajstić information content (AvgIpc) is 2.77. The van der Waals surface area contributed by atoms with E-state index in [1.165, 1.54) is 6.07 Å². The maximum atomic E-state index is 13.3. The van der Waals surface area contributed by atoms with Crippen molar-refractivity contribution in [1.82, 2.24) is 14.9 Å². The number of halogens is 1. The van der Waals surface area contributed by atoms with Crippen molar-refractivity contribution in [2.45, 2.75) is 12.8 Å². The van der Waals surface area contributed by atoms with E-state index in [-0.39, 0.29) is 5.82 Å². The Morgan fingerprint density at radius 2 is 2.00 bits per heavy atom. The first kappa shape index (κ1) is 12.8. The van der Waals surface area contributed by atoms with Gasteiger partial charge in [-0.3, -0.25) is 0 Å². The Bertz CT molecular complexity index is 493. The molecule has 1 N–H and O–H groups in total. The predicted octanol–water partition coefficient (Wildman–Crippen LogP) is 1.93. The molecule has 0 aliphatic carbocycles. The average molecular weight is 247 g/mol. The molecule has 4 heteroatoms. The highest BCUT2D eigenvalue weighted by Gasteiger charge is 2.01. The molecular weight excluding hydrogens is 229 g/mol. The molecule has 3 nitrogen and oxygen atoms in total. The standard InChI is InChI=1S/C14H18FN3/c1-18-11-10-17-14(18)7-9-16-8-6-12-4-2-3-5-13(12)15/h2-5,10-11,16H,6-9H2,1H3. The van der Waals surface area contributed by atoms with Crippen LogP contribution in [0.2, 0.25) is 0 Å². The van der Waals surface area contributed by atoms with Gasteiger partial charge in [0.15, 0.2) is 0 Å². The van der Waals surface area contributed by atoms with Crippen molar-refractivity contribution in [3.8, 4) is 0 Å². The van der Waals surface area contributed by atoms with Gasteiger partial charge in [-0.1, -0.05) is 18.2 Å². The van der Waals surface area contributed by atoms with Gasteiger partial charge >= 0.3 is 0 Å². The number of aryl methyl sites for hydroxylation is 1. The number of rotatable bonds is 6. The van der Waals surface area contributed by atoms with Gasteiger partial charge in [0, 0.05) is 32.4 Å². The molecule has 0 aliphatic heterocycles. The molecule has 0 fully saturated rings. The molecule has 0 bridgehead atoms. The van der Waals surface area contributed by atoms with E-state index in [2.05, 4.69) is 10.3 Å². The van der Waals surface area contributed by atoms with Gasteiger partial charge in [-0.25, -0.2) is 9.37 Å². The predicted molar refractivity (Wildman–Crippen MR) is 69.9 cm³/mol. The summed E-state index contributed by atoms with van der Waals surface area (Å²) in [5.74, 6) is 0.941. The third-order valence-electron chi connectivity index (χ3n) is 2.98. The summed E-state index contributed by atoms with van der Waals surface area (Å²) in [6, 6.07) is 6.92. The third kappa shape index (κ3) is 3.40. The highest BCUT2D eigenvalue weighted by Crippen LogP contribution is 2.06. The lowest BCUT2D eigenvalue weighted by Gasteiger charge is -2.06. The molecule has 0 aliphatic rings. The largest absolute Gasteiger partial charge is 0.338 e. The maximum absolute atomic E-state index is 13.3. The van der Waals surface area contributed by atoms with Crippen LogP contribution in [0.25, 0.3) is 0 Å². The minimum Gasteiger partial charge on any atom is -0.338 e.